The number of rotatable bonds is 25. The number of likely N-dealkylation sites (tertiary alicyclic amines) is 2. The molecular weight excluding hydrogens is 1370 g/mol. The molecule has 4 amide bonds. The third-order valence-corrected chi connectivity index (χ3v) is 21.2. The van der Waals surface area contributed by atoms with E-state index in [0.717, 1.165) is 71.5 Å². The zero-order valence-corrected chi connectivity index (χ0v) is 62.0. The van der Waals surface area contributed by atoms with Gasteiger partial charge in [-0.25, -0.2) is 19.2 Å². The number of hydrogen-bond donors (Lipinski definition) is 3. The summed E-state index contributed by atoms with van der Waals surface area (Å²) in [6, 6.07) is 22.1. The topological polar surface area (TPSA) is 217 Å². The third kappa shape index (κ3) is 17.9. The molecular formula is C77H94ClF4N11O9S. The number of amides is 4. The van der Waals surface area contributed by atoms with Crippen LogP contribution >= 0.6 is 22.9 Å². The highest BCUT2D eigenvalue weighted by molar-refractivity contribution is 7.13. The second kappa shape index (κ2) is 31.9. The number of alkyl halides is 3. The number of thiazole rings is 1. The molecule has 7 aromatic rings. The quantitative estimate of drug-likeness (QED) is 0.0358. The summed E-state index contributed by atoms with van der Waals surface area (Å²) >= 11 is 8.72. The number of aliphatic hydroxyl groups excluding tert-OH is 1. The molecule has 7 atom stereocenters. The second-order valence-corrected chi connectivity index (χ2v) is 31.0. The van der Waals surface area contributed by atoms with Crippen molar-refractivity contribution >= 4 is 69.3 Å². The number of methoxy groups -OCH3 is 2. The Balaban J connectivity index is 0.779. The molecule has 11 rings (SSSR count). The molecule has 3 N–H and O–H groups in total. The van der Waals surface area contributed by atoms with Crippen molar-refractivity contribution in [3.63, 3.8) is 0 Å². The van der Waals surface area contributed by atoms with Crippen LogP contribution in [-0.2, 0) is 38.4 Å². The molecule has 0 radical (unpaired) electrons. The predicted molar refractivity (Wildman–Crippen MR) is 390 cm³/mol. The lowest BCUT2D eigenvalue weighted by atomic mass is 9.85. The third-order valence-electron chi connectivity index (χ3n) is 19.9. The van der Waals surface area contributed by atoms with Gasteiger partial charge in [-0.3, -0.25) is 24.2 Å². The molecule has 20 nitrogen and oxygen atoms in total. The first-order chi connectivity index (χ1) is 48.9. The van der Waals surface area contributed by atoms with Crippen LogP contribution in [0.5, 0.6) is 17.5 Å². The molecule has 4 fully saturated rings. The van der Waals surface area contributed by atoms with Crippen LogP contribution < -0.4 is 34.6 Å². The zero-order valence-electron chi connectivity index (χ0n) is 60.5. The summed E-state index contributed by atoms with van der Waals surface area (Å²) in [5, 5.41) is 16.7. The molecule has 4 aromatic carbocycles. The van der Waals surface area contributed by atoms with Gasteiger partial charge in [0.25, 0.3) is 0 Å². The normalized spacial score (nSPS) is 19.2. The summed E-state index contributed by atoms with van der Waals surface area (Å²) in [4.78, 5) is 84.7. The molecule has 2 bridgehead atoms. The Morgan fingerprint density at radius 1 is 0.806 bits per heavy atom. The van der Waals surface area contributed by atoms with Gasteiger partial charge < -0.3 is 49.4 Å². The van der Waals surface area contributed by atoms with Crippen LogP contribution in [0.1, 0.15) is 152 Å². The molecule has 7 heterocycles. The van der Waals surface area contributed by atoms with E-state index in [1.165, 1.54) is 24.0 Å². The molecule has 26 heteroatoms. The number of pyridine rings is 1. The fraction of sp³-hybridized carbons (Fsp3) is 0.506. The summed E-state index contributed by atoms with van der Waals surface area (Å²) in [5.41, 5.74) is 1.77. The lowest BCUT2D eigenvalue weighted by molar-refractivity contribution is -0.144. The molecule has 0 saturated carbocycles. The van der Waals surface area contributed by atoms with Gasteiger partial charge in [0.15, 0.2) is 5.82 Å². The molecule has 552 valence electrons. The largest absolute Gasteiger partial charge is 0.497 e. The average molecular weight is 1460 g/mol. The van der Waals surface area contributed by atoms with Gasteiger partial charge in [0.05, 0.1) is 76.4 Å². The van der Waals surface area contributed by atoms with Crippen molar-refractivity contribution in [2.45, 2.75) is 194 Å². The van der Waals surface area contributed by atoms with E-state index < -0.39 is 70.0 Å². The number of fused-ring (bicyclic) bond motifs is 3. The van der Waals surface area contributed by atoms with Gasteiger partial charge in [-0.1, -0.05) is 93.7 Å². The zero-order chi connectivity index (χ0) is 73.8. The van der Waals surface area contributed by atoms with Crippen LogP contribution in [0.3, 0.4) is 0 Å². The average Bonchev–Trinajstić information content (AvgIpc) is 1.35. The summed E-state index contributed by atoms with van der Waals surface area (Å²) in [6.45, 7) is 18.7. The number of aliphatic hydroxyl groups is 1. The van der Waals surface area contributed by atoms with Gasteiger partial charge in [-0.15, -0.1) is 11.3 Å². The molecule has 4 aliphatic rings. The molecule has 2 unspecified atom stereocenters. The van der Waals surface area contributed by atoms with Crippen molar-refractivity contribution in [1.29, 1.82) is 0 Å². The Hall–Kier alpha value is -8.39. The number of hydrogen-bond acceptors (Lipinski definition) is 17. The number of nitrogens with zero attached hydrogens (tertiary/aromatic N) is 9. The van der Waals surface area contributed by atoms with Crippen molar-refractivity contribution < 1.29 is 60.8 Å². The van der Waals surface area contributed by atoms with Crippen LogP contribution in [0.4, 0.5) is 34.0 Å². The standard InChI is InChI=1S/C77H94ClF4N11O9S/c1-45-35-61(90(38-48-19-29-56(99-10)30-20-48)39-49-21-31-57(100-11)32-22-49)85-67(64(45)77(80,81)82)63-59(78)37-58-66(65(63)79)87-73(88-70(58)91-40-52-27-28-53(41-91)93(52)74(98)102-76(7,8)9)101-43-54-17-16-34-89(54)33-15-13-12-14-18-62(95)86-69(75(4,5)6)72(97)92-42-55(94)36-60(92)71(96)84-46(2)50-23-25-51(26-24-50)68-47(3)83-44-103-68/h19-26,29-32,35,37,44,46,52-55,60,69,94H,12-18,27-28,33-34,36,38-43H2,1-11H3,(H,84,96)(H,86,95)/t46-,52?,53?,54-,55+,60-,69+/m0/s1. The Labute approximate surface area is 608 Å². The number of nitrogens with one attached hydrogen (secondary N) is 2. The highest BCUT2D eigenvalue weighted by Gasteiger charge is 2.47. The highest BCUT2D eigenvalue weighted by atomic mass is 35.5. The van der Waals surface area contributed by atoms with E-state index in [0.29, 0.717) is 37.3 Å². The maximum absolute atomic E-state index is 18.3. The fourth-order valence-electron chi connectivity index (χ4n) is 14.6. The van der Waals surface area contributed by atoms with Gasteiger partial charge in [0.2, 0.25) is 17.7 Å². The Bertz CT molecular complexity index is 4110. The number of carbonyl (C=O) groups is 4. The number of halogens is 5. The molecule has 4 saturated heterocycles. The number of benzene rings is 4. The molecule has 103 heavy (non-hydrogen) atoms. The first kappa shape index (κ1) is 75.8. The molecule has 4 aliphatic heterocycles. The van der Waals surface area contributed by atoms with E-state index in [1.807, 2.05) is 119 Å². The number of aryl methyl sites for hydroxylation is 2. The Morgan fingerprint density at radius 3 is 2.04 bits per heavy atom. The van der Waals surface area contributed by atoms with Crippen molar-refractivity contribution in [3.8, 4) is 39.2 Å². The molecule has 3 aromatic heterocycles. The summed E-state index contributed by atoms with van der Waals surface area (Å²) in [5.74, 6) is -0.644. The van der Waals surface area contributed by atoms with Crippen LogP contribution in [0, 0.1) is 25.1 Å². The second-order valence-electron chi connectivity index (χ2n) is 29.7. The van der Waals surface area contributed by atoms with Crippen molar-refractivity contribution in [1.82, 2.24) is 45.3 Å². The van der Waals surface area contributed by atoms with Crippen LogP contribution in [-0.4, -0.2) is 159 Å². The SMILES string of the molecule is COc1ccc(CN(Cc2ccc(OC)cc2)c2cc(C)c(C(F)(F)F)c(-c3c(Cl)cc4c(N5CC6CCC(C5)N6C(=O)OC(C)(C)C)nc(OC[C@@H]5CCCN5CCCCCCC(=O)N[C@H](C(=O)N5C[C@H](O)C[C@H]5C(=O)N[C@@H](C)c5ccc(-c6scnc6C)cc5)C(C)(C)C)nc4c3F)n2)cc1. The minimum atomic E-state index is -5.01. The van der Waals surface area contributed by atoms with Crippen LogP contribution in [0.25, 0.3) is 32.6 Å². The monoisotopic (exact) mass is 1460 g/mol. The van der Waals surface area contributed by atoms with Crippen molar-refractivity contribution in [2.24, 2.45) is 5.41 Å². The Morgan fingerprint density at radius 2 is 1.45 bits per heavy atom. The van der Waals surface area contributed by atoms with E-state index in [1.54, 1.807) is 54.7 Å². The number of piperazine rings is 1. The minimum Gasteiger partial charge on any atom is -0.497 e. The van der Waals surface area contributed by atoms with Gasteiger partial charge in [-0.05, 0) is 163 Å². The number of unbranched alkanes of at least 4 members (excludes halogenated alkanes) is 3. The molecule has 0 spiro atoms. The van der Waals surface area contributed by atoms with Crippen molar-refractivity contribution in [2.75, 3.05) is 63.4 Å². The number of aromatic nitrogens is 4. The van der Waals surface area contributed by atoms with Gasteiger partial charge >= 0.3 is 18.3 Å². The number of β-amino-alcohol motifs (C(OH)–C–C–N with tert-alkyl or cyclic N) is 1. The van der Waals surface area contributed by atoms with Gasteiger partial charge in [-0.2, -0.15) is 23.1 Å². The number of anilines is 2. The number of carbonyl (C=O) groups excluding carboxylic acids is 4. The van der Waals surface area contributed by atoms with E-state index in [2.05, 4.69) is 25.5 Å². The summed E-state index contributed by atoms with van der Waals surface area (Å²) in [7, 11) is 3.11. The van der Waals surface area contributed by atoms with Gasteiger partial charge in [0.1, 0.15) is 52.9 Å². The van der Waals surface area contributed by atoms with Crippen LogP contribution in [0.15, 0.2) is 90.4 Å². The first-order valence-corrected chi connectivity index (χ1v) is 36.7. The van der Waals surface area contributed by atoms with Crippen molar-refractivity contribution in [3.05, 3.63) is 135 Å². The van der Waals surface area contributed by atoms with E-state index in [4.69, 9.17) is 40.5 Å². The lowest BCUT2D eigenvalue weighted by Crippen LogP contribution is -2.57. The van der Waals surface area contributed by atoms with E-state index in [9.17, 15) is 24.3 Å². The van der Waals surface area contributed by atoms with Gasteiger partial charge in [0, 0.05) is 57.0 Å². The van der Waals surface area contributed by atoms with Crippen LogP contribution in [0.2, 0.25) is 5.02 Å². The number of ether oxygens (including phenoxy) is 4. The lowest BCUT2D eigenvalue weighted by Gasteiger charge is -2.42. The minimum absolute atomic E-state index is 0.0405. The highest BCUT2D eigenvalue weighted by Crippen LogP contribution is 2.47. The maximum Gasteiger partial charge on any atom is 0.418 e. The van der Waals surface area contributed by atoms with E-state index >= 15 is 17.6 Å². The molecule has 0 aliphatic carbocycles. The maximum atomic E-state index is 18.3. The smallest absolute Gasteiger partial charge is 0.418 e. The fourth-order valence-corrected chi connectivity index (χ4v) is 15.7. The van der Waals surface area contributed by atoms with E-state index in [-0.39, 0.29) is 127 Å². The first-order valence-electron chi connectivity index (χ1n) is 35.5. The Kier molecular flexibility index (Phi) is 23.5. The summed E-state index contributed by atoms with van der Waals surface area (Å²) < 4.78 is 88.5. The predicted octanol–water partition coefficient (Wildman–Crippen LogP) is 14.2. The summed E-state index contributed by atoms with van der Waals surface area (Å²) in [6.07, 6.45) is -0.242.